The maximum absolute atomic E-state index is 9.78. The summed E-state index contributed by atoms with van der Waals surface area (Å²) in [7, 11) is 0. The number of para-hydroxylation sites is 1. The van der Waals surface area contributed by atoms with Crippen LogP contribution in [0.5, 0.6) is 0 Å². The van der Waals surface area contributed by atoms with Gasteiger partial charge in [-0.05, 0) is 44.0 Å². The van der Waals surface area contributed by atoms with E-state index in [4.69, 9.17) is 4.98 Å². The SMILES string of the molecule is On1cc(C2CCNCC2)c(Cc2ccc3ccccc3n2)n1. The van der Waals surface area contributed by atoms with Crippen LogP contribution in [0.2, 0.25) is 0 Å². The van der Waals surface area contributed by atoms with Crippen LogP contribution in [0.15, 0.2) is 42.6 Å². The van der Waals surface area contributed by atoms with Crippen molar-refractivity contribution in [1.82, 2.24) is 20.2 Å². The predicted octanol–water partition coefficient (Wildman–Crippen LogP) is 2.73. The molecule has 1 aliphatic rings. The third-order valence-electron chi connectivity index (χ3n) is 4.59. The van der Waals surface area contributed by atoms with E-state index >= 15 is 0 Å². The number of rotatable bonds is 3. The number of fused-ring (bicyclic) bond motifs is 1. The molecule has 1 aromatic carbocycles. The van der Waals surface area contributed by atoms with Crippen LogP contribution in [-0.4, -0.2) is 33.2 Å². The van der Waals surface area contributed by atoms with E-state index in [0.717, 1.165) is 58.6 Å². The second-order valence-electron chi connectivity index (χ2n) is 6.15. The van der Waals surface area contributed by atoms with Gasteiger partial charge in [0, 0.05) is 23.1 Å². The van der Waals surface area contributed by atoms with Crippen molar-refractivity contribution in [2.75, 3.05) is 13.1 Å². The summed E-state index contributed by atoms with van der Waals surface area (Å²) < 4.78 is 0. The van der Waals surface area contributed by atoms with Gasteiger partial charge >= 0.3 is 0 Å². The molecule has 0 radical (unpaired) electrons. The van der Waals surface area contributed by atoms with E-state index in [9.17, 15) is 5.21 Å². The van der Waals surface area contributed by atoms with Crippen LogP contribution in [-0.2, 0) is 6.42 Å². The highest BCUT2D eigenvalue weighted by atomic mass is 16.5. The molecule has 0 amide bonds. The van der Waals surface area contributed by atoms with Crippen LogP contribution in [0.25, 0.3) is 10.9 Å². The molecule has 0 bridgehead atoms. The summed E-state index contributed by atoms with van der Waals surface area (Å²) in [6, 6.07) is 12.3. The molecule has 0 spiro atoms. The molecule has 0 aliphatic carbocycles. The van der Waals surface area contributed by atoms with E-state index in [1.807, 2.05) is 24.3 Å². The number of aromatic nitrogens is 3. The Kier molecular flexibility index (Phi) is 3.71. The average Bonchev–Trinajstić information content (AvgIpc) is 2.96. The molecule has 5 nitrogen and oxygen atoms in total. The lowest BCUT2D eigenvalue weighted by molar-refractivity contribution is 0.147. The highest BCUT2D eigenvalue weighted by Crippen LogP contribution is 2.28. The third kappa shape index (κ3) is 2.92. The number of nitrogens with one attached hydrogen (secondary N) is 1. The van der Waals surface area contributed by atoms with Gasteiger partial charge in [0.15, 0.2) is 0 Å². The second-order valence-corrected chi connectivity index (χ2v) is 6.15. The lowest BCUT2D eigenvalue weighted by Crippen LogP contribution is -2.26. The zero-order valence-corrected chi connectivity index (χ0v) is 12.9. The fraction of sp³-hybridized carbons (Fsp3) is 0.333. The number of hydrogen-bond donors (Lipinski definition) is 2. The van der Waals surface area contributed by atoms with Crippen molar-refractivity contribution in [2.45, 2.75) is 25.2 Å². The topological polar surface area (TPSA) is 63.0 Å². The molecule has 0 atom stereocenters. The van der Waals surface area contributed by atoms with E-state index in [1.54, 1.807) is 6.20 Å². The van der Waals surface area contributed by atoms with Crippen LogP contribution in [0.4, 0.5) is 0 Å². The van der Waals surface area contributed by atoms with Gasteiger partial charge in [0.05, 0.1) is 17.4 Å². The van der Waals surface area contributed by atoms with Crippen molar-refractivity contribution >= 4 is 10.9 Å². The van der Waals surface area contributed by atoms with Gasteiger partial charge in [-0.15, -0.1) is 9.94 Å². The Morgan fingerprint density at radius 2 is 1.96 bits per heavy atom. The predicted molar refractivity (Wildman–Crippen MR) is 88.8 cm³/mol. The van der Waals surface area contributed by atoms with Gasteiger partial charge in [0.25, 0.3) is 0 Å². The van der Waals surface area contributed by atoms with E-state index in [2.05, 4.69) is 22.5 Å². The molecular weight excluding hydrogens is 288 g/mol. The Balaban J connectivity index is 1.64. The Morgan fingerprint density at radius 3 is 2.83 bits per heavy atom. The highest BCUT2D eigenvalue weighted by Gasteiger charge is 2.21. The van der Waals surface area contributed by atoms with Crippen molar-refractivity contribution in [1.29, 1.82) is 0 Å². The lowest BCUT2D eigenvalue weighted by Gasteiger charge is -2.22. The third-order valence-corrected chi connectivity index (χ3v) is 4.59. The van der Waals surface area contributed by atoms with E-state index in [0.29, 0.717) is 12.3 Å². The first-order valence-electron chi connectivity index (χ1n) is 8.13. The van der Waals surface area contributed by atoms with Crippen molar-refractivity contribution < 1.29 is 5.21 Å². The fourth-order valence-corrected chi connectivity index (χ4v) is 3.40. The van der Waals surface area contributed by atoms with Gasteiger partial charge in [-0.25, -0.2) is 0 Å². The van der Waals surface area contributed by atoms with Gasteiger partial charge in [-0.1, -0.05) is 24.3 Å². The molecular formula is C18H20N4O. The summed E-state index contributed by atoms with van der Waals surface area (Å²) in [6.07, 6.45) is 4.58. The molecule has 0 unspecified atom stereocenters. The number of hydrogen-bond acceptors (Lipinski definition) is 4. The molecule has 1 saturated heterocycles. The zero-order valence-electron chi connectivity index (χ0n) is 12.9. The Morgan fingerprint density at radius 1 is 1.13 bits per heavy atom. The van der Waals surface area contributed by atoms with Crippen molar-refractivity contribution in [3.63, 3.8) is 0 Å². The lowest BCUT2D eigenvalue weighted by atomic mass is 9.89. The molecule has 118 valence electrons. The van der Waals surface area contributed by atoms with E-state index in [1.165, 1.54) is 0 Å². The van der Waals surface area contributed by atoms with Crippen LogP contribution in [0, 0.1) is 0 Å². The van der Waals surface area contributed by atoms with Crippen molar-refractivity contribution in [3.05, 3.63) is 59.5 Å². The monoisotopic (exact) mass is 308 g/mol. The van der Waals surface area contributed by atoms with Crippen molar-refractivity contribution in [2.24, 2.45) is 0 Å². The fourth-order valence-electron chi connectivity index (χ4n) is 3.40. The summed E-state index contributed by atoms with van der Waals surface area (Å²) in [6.45, 7) is 2.05. The number of pyridine rings is 1. The van der Waals surface area contributed by atoms with Gasteiger partial charge in [0.2, 0.25) is 0 Å². The Hall–Kier alpha value is -2.40. The maximum atomic E-state index is 9.78. The molecule has 5 heteroatoms. The minimum atomic E-state index is 0.465. The zero-order chi connectivity index (χ0) is 15.6. The molecule has 1 aliphatic heterocycles. The molecule has 1 fully saturated rings. The van der Waals surface area contributed by atoms with Crippen LogP contribution < -0.4 is 5.32 Å². The molecule has 2 N–H and O–H groups in total. The first-order valence-corrected chi connectivity index (χ1v) is 8.13. The first kappa shape index (κ1) is 14.2. The molecule has 4 rings (SSSR count). The Labute approximate surface area is 134 Å². The standard InChI is InChI=1S/C18H20N4O/c23-22-12-16(13-7-9-19-10-8-13)18(21-22)11-15-6-5-14-3-1-2-4-17(14)20-15/h1-6,12-13,19,23H,7-11H2. The van der Waals surface area contributed by atoms with Gasteiger partial charge < -0.3 is 10.5 Å². The average molecular weight is 308 g/mol. The molecule has 3 aromatic rings. The minimum Gasteiger partial charge on any atom is -0.412 e. The quantitative estimate of drug-likeness (QED) is 0.730. The normalized spacial score (nSPS) is 16.0. The smallest absolute Gasteiger partial charge is 0.0754 e. The van der Waals surface area contributed by atoms with Crippen LogP contribution in [0.3, 0.4) is 0 Å². The number of benzene rings is 1. The maximum Gasteiger partial charge on any atom is 0.0754 e. The molecule has 2 aromatic heterocycles. The molecule has 23 heavy (non-hydrogen) atoms. The van der Waals surface area contributed by atoms with Gasteiger partial charge in [0.1, 0.15) is 0 Å². The first-order chi connectivity index (χ1) is 11.3. The summed E-state index contributed by atoms with van der Waals surface area (Å²) >= 11 is 0. The number of nitrogens with zero attached hydrogens (tertiary/aromatic N) is 3. The van der Waals surface area contributed by atoms with Gasteiger partial charge in [-0.3, -0.25) is 4.98 Å². The summed E-state index contributed by atoms with van der Waals surface area (Å²) in [4.78, 5) is 5.67. The summed E-state index contributed by atoms with van der Waals surface area (Å²) in [5.41, 5.74) is 4.07. The highest BCUT2D eigenvalue weighted by molar-refractivity contribution is 5.78. The largest absolute Gasteiger partial charge is 0.412 e. The summed E-state index contributed by atoms with van der Waals surface area (Å²) in [5, 5.41) is 18.6. The molecule has 3 heterocycles. The second kappa shape index (κ2) is 6.01. The number of piperidine rings is 1. The van der Waals surface area contributed by atoms with Crippen LogP contribution in [0.1, 0.15) is 35.7 Å². The Bertz CT molecular complexity index is 821. The minimum absolute atomic E-state index is 0.465. The van der Waals surface area contributed by atoms with Crippen molar-refractivity contribution in [3.8, 4) is 0 Å². The molecule has 0 saturated carbocycles. The van der Waals surface area contributed by atoms with Crippen LogP contribution >= 0.6 is 0 Å². The van der Waals surface area contributed by atoms with E-state index < -0.39 is 0 Å². The van der Waals surface area contributed by atoms with E-state index in [-0.39, 0.29) is 0 Å². The summed E-state index contributed by atoms with van der Waals surface area (Å²) in [5.74, 6) is 0.465. The van der Waals surface area contributed by atoms with Gasteiger partial charge in [-0.2, -0.15) is 0 Å².